The van der Waals surface area contributed by atoms with Gasteiger partial charge in [-0.2, -0.15) is 0 Å². The molecule has 0 spiro atoms. The maximum Gasteiger partial charge on any atom is 0.166 e. The fraction of sp³-hybridized carbons (Fsp3) is 0. The zero-order valence-corrected chi connectivity index (χ0v) is 26.9. The van der Waals surface area contributed by atoms with Crippen LogP contribution in [0.5, 0.6) is 0 Å². The van der Waals surface area contributed by atoms with Gasteiger partial charge < -0.3 is 8.98 Å². The molecule has 0 unspecified atom stereocenters. The van der Waals surface area contributed by atoms with E-state index in [1.54, 1.807) is 0 Å². The zero-order valence-electron chi connectivity index (χ0n) is 26.9. The molecule has 234 valence electrons. The van der Waals surface area contributed by atoms with Crippen molar-refractivity contribution in [2.45, 2.75) is 0 Å². The molecule has 3 heterocycles. The van der Waals surface area contributed by atoms with E-state index in [0.29, 0.717) is 17.5 Å². The lowest BCUT2D eigenvalue weighted by atomic mass is 10.0. The van der Waals surface area contributed by atoms with Crippen molar-refractivity contribution in [2.24, 2.45) is 0 Å². The van der Waals surface area contributed by atoms with Crippen LogP contribution in [0.2, 0.25) is 0 Å². The van der Waals surface area contributed by atoms with Crippen LogP contribution in [-0.2, 0) is 0 Å². The maximum atomic E-state index is 6.48. The Morgan fingerprint density at radius 2 is 0.920 bits per heavy atom. The minimum atomic E-state index is 0.571. The number of para-hydroxylation sites is 2. The number of aromatic nitrogens is 4. The SMILES string of the molecule is c1ccc(-c2ccc3c(c2)c2ccccc2n3-c2cc3c(cc2-c2nc(-c4ccccc4)nc(-c4ccccc4)n2)oc2ccccc23)cc1. The van der Waals surface area contributed by atoms with Crippen LogP contribution in [-0.4, -0.2) is 19.5 Å². The average Bonchev–Trinajstić information content (AvgIpc) is 3.73. The third-order valence-corrected chi connectivity index (χ3v) is 9.46. The molecular weight excluding hydrogens is 613 g/mol. The highest BCUT2D eigenvalue weighted by Gasteiger charge is 2.22. The molecule has 7 aromatic carbocycles. The van der Waals surface area contributed by atoms with Crippen LogP contribution in [0.15, 0.2) is 174 Å². The third kappa shape index (κ3) is 4.60. The van der Waals surface area contributed by atoms with Crippen LogP contribution in [0.1, 0.15) is 0 Å². The molecule has 0 bridgehead atoms. The lowest BCUT2D eigenvalue weighted by molar-refractivity contribution is 0.669. The quantitative estimate of drug-likeness (QED) is 0.188. The first-order valence-electron chi connectivity index (χ1n) is 16.7. The van der Waals surface area contributed by atoms with Crippen molar-refractivity contribution in [3.05, 3.63) is 170 Å². The predicted molar refractivity (Wildman–Crippen MR) is 203 cm³/mol. The van der Waals surface area contributed by atoms with Gasteiger partial charge >= 0.3 is 0 Å². The van der Waals surface area contributed by atoms with E-state index in [-0.39, 0.29) is 0 Å². The standard InChI is InChI=1S/C45H28N4O/c1-4-14-29(15-5-1)32-24-25-39-35(26-32)33-20-10-12-22-38(33)49(39)40-27-36-34-21-11-13-23-41(34)50-42(36)28-37(40)45-47-43(30-16-6-2-7-17-30)46-44(48-45)31-18-8-3-9-19-31/h1-28H. The molecule has 0 radical (unpaired) electrons. The summed E-state index contributed by atoms with van der Waals surface area (Å²) in [6.07, 6.45) is 0. The number of nitrogens with zero attached hydrogens (tertiary/aromatic N) is 4. The molecule has 5 nitrogen and oxygen atoms in total. The predicted octanol–water partition coefficient (Wildman–Crippen LogP) is 11.5. The van der Waals surface area contributed by atoms with Gasteiger partial charge in [0.15, 0.2) is 17.5 Å². The van der Waals surface area contributed by atoms with E-state index in [2.05, 4.69) is 102 Å². The molecule has 0 aliphatic rings. The van der Waals surface area contributed by atoms with Crippen molar-refractivity contribution in [3.63, 3.8) is 0 Å². The van der Waals surface area contributed by atoms with E-state index in [9.17, 15) is 0 Å². The first kappa shape index (κ1) is 28.2. The molecule has 0 saturated carbocycles. The van der Waals surface area contributed by atoms with Crippen molar-refractivity contribution in [2.75, 3.05) is 0 Å². The molecule has 10 rings (SSSR count). The minimum absolute atomic E-state index is 0.571. The van der Waals surface area contributed by atoms with Gasteiger partial charge in [0.2, 0.25) is 0 Å². The Morgan fingerprint density at radius 1 is 0.360 bits per heavy atom. The van der Waals surface area contributed by atoms with Gasteiger partial charge in [0.1, 0.15) is 11.2 Å². The molecule has 0 atom stereocenters. The molecule has 0 N–H and O–H groups in total. The molecule has 10 aromatic rings. The Morgan fingerprint density at radius 3 is 1.62 bits per heavy atom. The number of furan rings is 1. The van der Waals surface area contributed by atoms with Crippen molar-refractivity contribution >= 4 is 43.7 Å². The fourth-order valence-electron chi connectivity index (χ4n) is 7.10. The van der Waals surface area contributed by atoms with E-state index in [1.165, 1.54) is 21.9 Å². The second-order valence-electron chi connectivity index (χ2n) is 12.5. The zero-order chi connectivity index (χ0) is 33.0. The van der Waals surface area contributed by atoms with Gasteiger partial charge in [0, 0.05) is 38.2 Å². The van der Waals surface area contributed by atoms with Crippen LogP contribution < -0.4 is 0 Å². The highest BCUT2D eigenvalue weighted by atomic mass is 16.3. The molecular formula is C45H28N4O. The van der Waals surface area contributed by atoms with Gasteiger partial charge in [0.05, 0.1) is 16.7 Å². The van der Waals surface area contributed by atoms with Gasteiger partial charge in [-0.25, -0.2) is 15.0 Å². The topological polar surface area (TPSA) is 56.7 Å². The molecule has 0 fully saturated rings. The summed E-state index contributed by atoms with van der Waals surface area (Å²) in [7, 11) is 0. The molecule has 50 heavy (non-hydrogen) atoms. The Bertz CT molecular complexity index is 2800. The Balaban J connectivity index is 1.31. The van der Waals surface area contributed by atoms with Crippen LogP contribution in [0.3, 0.4) is 0 Å². The highest BCUT2D eigenvalue weighted by molar-refractivity contribution is 6.12. The smallest absolute Gasteiger partial charge is 0.166 e. The van der Waals surface area contributed by atoms with Crippen LogP contribution in [0.25, 0.3) is 94.7 Å². The first-order chi connectivity index (χ1) is 24.8. The summed E-state index contributed by atoms with van der Waals surface area (Å²) in [5.74, 6) is 1.79. The largest absolute Gasteiger partial charge is 0.456 e. The van der Waals surface area contributed by atoms with Crippen molar-refractivity contribution in [3.8, 4) is 51.0 Å². The van der Waals surface area contributed by atoms with Gasteiger partial charge in [-0.05, 0) is 47.5 Å². The lowest BCUT2D eigenvalue weighted by Crippen LogP contribution is -2.03. The van der Waals surface area contributed by atoms with E-state index in [1.807, 2.05) is 72.8 Å². The summed E-state index contributed by atoms with van der Waals surface area (Å²) in [6.45, 7) is 0. The Labute approximate surface area is 287 Å². The average molecular weight is 641 g/mol. The van der Waals surface area contributed by atoms with E-state index in [4.69, 9.17) is 19.4 Å². The maximum absolute atomic E-state index is 6.48. The summed E-state index contributed by atoms with van der Waals surface area (Å²) in [4.78, 5) is 15.3. The third-order valence-electron chi connectivity index (χ3n) is 9.46. The summed E-state index contributed by atoms with van der Waals surface area (Å²) >= 11 is 0. The molecule has 0 saturated heterocycles. The number of benzene rings is 7. The lowest BCUT2D eigenvalue weighted by Gasteiger charge is -2.15. The molecule has 3 aromatic heterocycles. The van der Waals surface area contributed by atoms with Crippen LogP contribution in [0.4, 0.5) is 0 Å². The highest BCUT2D eigenvalue weighted by Crippen LogP contribution is 2.41. The van der Waals surface area contributed by atoms with Crippen molar-refractivity contribution < 1.29 is 4.42 Å². The minimum Gasteiger partial charge on any atom is -0.456 e. The van der Waals surface area contributed by atoms with E-state index in [0.717, 1.165) is 55.3 Å². The fourth-order valence-corrected chi connectivity index (χ4v) is 7.10. The van der Waals surface area contributed by atoms with Crippen molar-refractivity contribution in [1.82, 2.24) is 19.5 Å². The van der Waals surface area contributed by atoms with E-state index < -0.39 is 0 Å². The summed E-state index contributed by atoms with van der Waals surface area (Å²) in [6, 6.07) is 58.6. The molecule has 0 aliphatic carbocycles. The van der Waals surface area contributed by atoms with Crippen LogP contribution in [0, 0.1) is 0 Å². The van der Waals surface area contributed by atoms with Gasteiger partial charge in [-0.3, -0.25) is 0 Å². The number of hydrogen-bond donors (Lipinski definition) is 0. The van der Waals surface area contributed by atoms with Crippen LogP contribution >= 0.6 is 0 Å². The Hall–Kier alpha value is -6.85. The van der Waals surface area contributed by atoms with Gasteiger partial charge in [-0.15, -0.1) is 0 Å². The summed E-state index contributed by atoms with van der Waals surface area (Å²) < 4.78 is 8.83. The second-order valence-corrected chi connectivity index (χ2v) is 12.5. The number of hydrogen-bond acceptors (Lipinski definition) is 4. The molecule has 0 amide bonds. The monoisotopic (exact) mass is 640 g/mol. The van der Waals surface area contributed by atoms with Gasteiger partial charge in [-0.1, -0.05) is 133 Å². The van der Waals surface area contributed by atoms with Gasteiger partial charge in [0.25, 0.3) is 0 Å². The summed E-state index contributed by atoms with van der Waals surface area (Å²) in [5, 5.41) is 4.45. The normalized spacial score (nSPS) is 11.6. The molecule has 5 heteroatoms. The second kappa shape index (κ2) is 11.4. The number of rotatable bonds is 5. The van der Waals surface area contributed by atoms with Crippen molar-refractivity contribution in [1.29, 1.82) is 0 Å². The van der Waals surface area contributed by atoms with E-state index >= 15 is 0 Å². The number of fused-ring (bicyclic) bond motifs is 6. The molecule has 0 aliphatic heterocycles. The first-order valence-corrected chi connectivity index (χ1v) is 16.7. The Kier molecular flexibility index (Phi) is 6.42. The summed E-state index contributed by atoms with van der Waals surface area (Å²) in [5.41, 5.74) is 9.83.